The van der Waals surface area contributed by atoms with Gasteiger partial charge in [-0.1, -0.05) is 6.07 Å². The van der Waals surface area contributed by atoms with Crippen molar-refractivity contribution in [3.05, 3.63) is 68.3 Å². The molecule has 2 aromatic carbocycles. The van der Waals surface area contributed by atoms with Crippen LogP contribution in [0, 0.1) is 20.2 Å². The van der Waals surface area contributed by atoms with Crippen molar-refractivity contribution in [1.82, 2.24) is 5.32 Å². The molecule has 1 saturated heterocycles. The second kappa shape index (κ2) is 17.9. The average Bonchev–Trinajstić information content (AvgIpc) is 3.04. The van der Waals surface area contributed by atoms with Crippen molar-refractivity contribution in [2.45, 2.75) is 84.1 Å². The summed E-state index contributed by atoms with van der Waals surface area (Å²) in [5.41, 5.74) is -2.00. The molecule has 2 aromatic rings. The number of benzene rings is 2. The maximum Gasteiger partial charge on any atom is 0.514 e. The first kappa shape index (κ1) is 41.3. The van der Waals surface area contributed by atoms with E-state index in [0.717, 1.165) is 64.3 Å². The minimum atomic E-state index is -1.76. The van der Waals surface area contributed by atoms with Gasteiger partial charge in [0.1, 0.15) is 17.5 Å². The third kappa shape index (κ3) is 12.3. The Morgan fingerprint density at radius 2 is 1.40 bits per heavy atom. The highest BCUT2D eigenvalue weighted by molar-refractivity contribution is 5.69. The van der Waals surface area contributed by atoms with E-state index in [1.165, 1.54) is 6.07 Å². The topological polar surface area (TPSA) is 267 Å². The number of hydrogen-bond donors (Lipinski definition) is 1. The van der Waals surface area contributed by atoms with Crippen molar-refractivity contribution in [1.29, 1.82) is 0 Å². The summed E-state index contributed by atoms with van der Waals surface area (Å²) in [4.78, 5) is 83.0. The van der Waals surface area contributed by atoms with Crippen LogP contribution in [0.4, 0.5) is 21.0 Å². The van der Waals surface area contributed by atoms with Crippen molar-refractivity contribution in [3.8, 4) is 11.5 Å². The monoisotopic (exact) mass is 751 g/mol. The summed E-state index contributed by atoms with van der Waals surface area (Å²) in [7, 11) is 1.16. The van der Waals surface area contributed by atoms with Crippen LogP contribution in [0.2, 0.25) is 0 Å². The number of nitrogens with one attached hydrogen (secondary N) is 1. The fraction of sp³-hybridized carbons (Fsp3) is 0.469. The highest BCUT2D eigenvalue weighted by Gasteiger charge is 2.53. The number of nitro groups is 2. The van der Waals surface area contributed by atoms with E-state index in [4.69, 9.17) is 42.6 Å². The lowest BCUT2D eigenvalue weighted by molar-refractivity contribution is -0.388. The number of methoxy groups -OCH3 is 1. The van der Waals surface area contributed by atoms with Crippen LogP contribution in [0.3, 0.4) is 0 Å². The number of non-ortho nitro benzene ring substituents is 1. The molecule has 0 aromatic heterocycles. The quantitative estimate of drug-likeness (QED) is 0.100. The molecule has 53 heavy (non-hydrogen) atoms. The molecular weight excluding hydrogens is 714 g/mol. The summed E-state index contributed by atoms with van der Waals surface area (Å²) in [5.74, 6) is -3.26. The van der Waals surface area contributed by atoms with Crippen molar-refractivity contribution >= 4 is 41.5 Å². The lowest BCUT2D eigenvalue weighted by Crippen LogP contribution is -2.63. The fourth-order valence-electron chi connectivity index (χ4n) is 4.71. The molecule has 6 atom stereocenters. The van der Waals surface area contributed by atoms with Crippen molar-refractivity contribution in [3.63, 3.8) is 0 Å². The molecule has 21 heteroatoms. The molecule has 0 radical (unpaired) electrons. The number of alkyl carbamates (subject to hydrolysis) is 1. The second-order valence-corrected chi connectivity index (χ2v) is 12.0. The first-order chi connectivity index (χ1) is 24.8. The van der Waals surface area contributed by atoms with Crippen LogP contribution in [0.25, 0.3) is 0 Å². The van der Waals surface area contributed by atoms with Gasteiger partial charge in [-0.15, -0.1) is 0 Å². The molecule has 0 saturated carbocycles. The number of carbonyl (C=O) groups is 5. The van der Waals surface area contributed by atoms with E-state index in [9.17, 15) is 44.2 Å². The zero-order valence-electron chi connectivity index (χ0n) is 29.5. The molecule has 1 amide bonds. The highest BCUT2D eigenvalue weighted by atomic mass is 16.8. The van der Waals surface area contributed by atoms with Gasteiger partial charge in [0.25, 0.3) is 5.69 Å². The van der Waals surface area contributed by atoms with E-state index in [1.807, 2.05) is 0 Å². The number of nitrogens with zero attached hydrogens (tertiary/aromatic N) is 2. The Balaban J connectivity index is 1.99. The van der Waals surface area contributed by atoms with Crippen molar-refractivity contribution in [2.24, 2.45) is 0 Å². The lowest BCUT2D eigenvalue weighted by Gasteiger charge is -2.43. The molecule has 1 aliphatic rings. The predicted molar refractivity (Wildman–Crippen MR) is 173 cm³/mol. The minimum Gasteiger partial charge on any atom is -0.454 e. The maximum atomic E-state index is 12.8. The molecular formula is C32H37N3O18. The van der Waals surface area contributed by atoms with Gasteiger partial charge in [0.05, 0.1) is 16.4 Å². The molecule has 1 aliphatic heterocycles. The summed E-state index contributed by atoms with van der Waals surface area (Å²) in [6.07, 6.45) is -11.7. The molecule has 3 rings (SSSR count). The van der Waals surface area contributed by atoms with Gasteiger partial charge in [-0.25, -0.2) is 9.59 Å². The Morgan fingerprint density at radius 1 is 0.830 bits per heavy atom. The third-order valence-corrected chi connectivity index (χ3v) is 6.70. The van der Waals surface area contributed by atoms with Crippen LogP contribution in [-0.2, 0) is 47.5 Å². The molecule has 1 fully saturated rings. The average molecular weight is 752 g/mol. The number of ether oxygens (including phenoxy) is 9. The van der Waals surface area contributed by atoms with Gasteiger partial charge in [-0.3, -0.25) is 34.6 Å². The zero-order valence-corrected chi connectivity index (χ0v) is 29.5. The van der Waals surface area contributed by atoms with E-state index in [2.05, 4.69) is 5.32 Å². The molecule has 0 aliphatic carbocycles. The zero-order chi connectivity index (χ0) is 39.6. The van der Waals surface area contributed by atoms with Crippen LogP contribution in [0.15, 0.2) is 42.5 Å². The largest absolute Gasteiger partial charge is 0.514 e. The standard InChI is InChI=1S/C32H37N3O18/c1-16(36)46-25-26(47-17(2)37)28(45-7)52-29(27(25)48-18(3)38)50-23-13-8-19(14-22(23)35(43)44)24(15-33-30(39)53-32(4,5)6)51-31(40)49-21-11-9-20(10-12-21)34(41)42/h8-14,24-29H,15H2,1-7H3,(H,33,39)/t24-,25+,26+,27-,28+,29-/m1/s1. The Hall–Kier alpha value is -6.09. The van der Waals surface area contributed by atoms with Gasteiger partial charge in [-0.05, 0) is 39.0 Å². The molecule has 21 nitrogen and oxygen atoms in total. The number of rotatable bonds is 13. The van der Waals surface area contributed by atoms with Gasteiger partial charge < -0.3 is 47.9 Å². The summed E-state index contributed by atoms with van der Waals surface area (Å²) in [6, 6.07) is 7.67. The first-order valence-electron chi connectivity index (χ1n) is 15.5. The minimum absolute atomic E-state index is 0.0654. The Kier molecular flexibility index (Phi) is 14.0. The van der Waals surface area contributed by atoms with E-state index in [1.54, 1.807) is 20.8 Å². The van der Waals surface area contributed by atoms with E-state index >= 15 is 0 Å². The molecule has 0 unspecified atom stereocenters. The smallest absolute Gasteiger partial charge is 0.454 e. The van der Waals surface area contributed by atoms with Crippen LogP contribution in [0.5, 0.6) is 11.5 Å². The van der Waals surface area contributed by atoms with Crippen molar-refractivity contribution in [2.75, 3.05) is 13.7 Å². The number of amides is 1. The van der Waals surface area contributed by atoms with Crippen LogP contribution < -0.4 is 14.8 Å². The Morgan fingerprint density at radius 3 is 1.91 bits per heavy atom. The third-order valence-electron chi connectivity index (χ3n) is 6.70. The van der Waals surface area contributed by atoms with Gasteiger partial charge in [0.15, 0.2) is 18.0 Å². The predicted octanol–water partition coefficient (Wildman–Crippen LogP) is 3.79. The maximum absolute atomic E-state index is 12.8. The number of hydrogen-bond acceptors (Lipinski definition) is 18. The normalized spacial score (nSPS) is 20.1. The Bertz CT molecular complexity index is 1690. The molecule has 1 heterocycles. The van der Waals surface area contributed by atoms with E-state index in [0.29, 0.717) is 0 Å². The van der Waals surface area contributed by atoms with Gasteiger partial charge in [0, 0.05) is 51.6 Å². The summed E-state index contributed by atoms with van der Waals surface area (Å²) < 4.78 is 48.4. The lowest BCUT2D eigenvalue weighted by atomic mass is 10.0. The molecule has 1 N–H and O–H groups in total. The summed E-state index contributed by atoms with van der Waals surface area (Å²) >= 11 is 0. The SMILES string of the molecule is CO[C@H]1O[C@@H](Oc2ccc([C@@H](CNC(=O)OC(C)(C)C)OC(=O)Oc3ccc([N+](=O)[O-])cc3)cc2[N+](=O)[O-])[C@H](OC(C)=O)[C@@H](OC(C)=O)[C@@H]1OC(C)=O. The second-order valence-electron chi connectivity index (χ2n) is 12.0. The van der Waals surface area contributed by atoms with Gasteiger partial charge >= 0.3 is 35.8 Å². The molecule has 0 bridgehead atoms. The summed E-state index contributed by atoms with van der Waals surface area (Å²) in [6.45, 7) is 7.43. The Labute approximate surface area is 300 Å². The van der Waals surface area contributed by atoms with Gasteiger partial charge in [-0.2, -0.15) is 0 Å². The summed E-state index contributed by atoms with van der Waals surface area (Å²) in [5, 5.41) is 25.7. The van der Waals surface area contributed by atoms with E-state index in [-0.39, 0.29) is 17.0 Å². The van der Waals surface area contributed by atoms with Gasteiger partial charge in [0.2, 0.25) is 18.7 Å². The molecule has 288 valence electrons. The highest BCUT2D eigenvalue weighted by Crippen LogP contribution is 2.36. The number of esters is 3. The first-order valence-corrected chi connectivity index (χ1v) is 15.5. The van der Waals surface area contributed by atoms with E-state index < -0.39 is 101 Å². The number of carbonyl (C=O) groups excluding carboxylic acids is 5. The van der Waals surface area contributed by atoms with Crippen LogP contribution >= 0.6 is 0 Å². The molecule has 0 spiro atoms. The fourth-order valence-corrected chi connectivity index (χ4v) is 4.71. The number of nitro benzene ring substituents is 2. The van der Waals surface area contributed by atoms with Crippen LogP contribution in [0.1, 0.15) is 53.2 Å². The van der Waals surface area contributed by atoms with Crippen molar-refractivity contribution < 1.29 is 76.5 Å². The van der Waals surface area contributed by atoms with Crippen LogP contribution in [-0.4, -0.2) is 90.2 Å².